The molecule has 0 spiro atoms. The van der Waals surface area contributed by atoms with Crippen molar-refractivity contribution in [3.63, 3.8) is 0 Å². The fourth-order valence-electron chi connectivity index (χ4n) is 5.22. The number of rotatable bonds is 19. The normalized spacial score (nSPS) is 12.0. The summed E-state index contributed by atoms with van der Waals surface area (Å²) < 4.78 is 8.45. The molecule has 4 rings (SSSR count). The Morgan fingerprint density at radius 2 is 1.05 bits per heavy atom. The van der Waals surface area contributed by atoms with Gasteiger partial charge in [0.1, 0.15) is 0 Å². The van der Waals surface area contributed by atoms with Crippen molar-refractivity contribution in [2.45, 2.75) is 129 Å². The second-order valence-electron chi connectivity index (χ2n) is 10.7. The Morgan fingerprint density at radius 3 is 1.63 bits per heavy atom. The zero-order valence-electron chi connectivity index (χ0n) is 23.3. The third kappa shape index (κ3) is 8.64. The minimum Gasteiger partial charge on any atom is -0.139 e. The first kappa shape index (κ1) is 31.2. The number of hydrogen-bond acceptors (Lipinski definition) is 4. The van der Waals surface area contributed by atoms with Crippen LogP contribution in [-0.4, -0.2) is 0 Å². The molecule has 4 heterocycles. The maximum Gasteiger partial charge on any atom is 0.0614 e. The van der Waals surface area contributed by atoms with Gasteiger partial charge in [-0.2, -0.15) is 0 Å². The van der Waals surface area contributed by atoms with Crippen LogP contribution in [0.3, 0.4) is 0 Å². The second-order valence-corrected chi connectivity index (χ2v) is 16.7. The molecule has 0 aromatic carbocycles. The standard InChI is InChI=1S/C32H44Br2S4/c1-3-5-7-9-11-13-15-17-19-23-21-25-26(35-23)22-27(36-25)30-29(34)32-31(38-30)28(33)24(37-32)20-18-16-14-12-10-8-6-4-2/h21-22H,3-20H2,1-2H3. The molecule has 0 aliphatic heterocycles. The van der Waals surface area contributed by atoms with Crippen LogP contribution in [0.2, 0.25) is 0 Å². The van der Waals surface area contributed by atoms with E-state index in [1.165, 1.54) is 158 Å². The molecule has 0 nitrogen and oxygen atoms in total. The van der Waals surface area contributed by atoms with Crippen LogP contribution >= 0.6 is 77.2 Å². The molecular formula is C32H44Br2S4. The van der Waals surface area contributed by atoms with E-state index in [0.29, 0.717) is 0 Å². The number of aryl methyl sites for hydroxylation is 2. The van der Waals surface area contributed by atoms with Crippen LogP contribution in [0.5, 0.6) is 0 Å². The Bertz CT molecular complexity index is 1210. The molecule has 4 aromatic heterocycles. The van der Waals surface area contributed by atoms with Crippen molar-refractivity contribution in [2.24, 2.45) is 0 Å². The van der Waals surface area contributed by atoms with Crippen molar-refractivity contribution in [2.75, 3.05) is 0 Å². The minimum atomic E-state index is 1.21. The predicted octanol–water partition coefficient (Wildman–Crippen LogP) is 14.8. The van der Waals surface area contributed by atoms with Crippen molar-refractivity contribution in [1.82, 2.24) is 0 Å². The van der Waals surface area contributed by atoms with Gasteiger partial charge < -0.3 is 0 Å². The lowest BCUT2D eigenvalue weighted by molar-refractivity contribution is 0.576. The van der Waals surface area contributed by atoms with E-state index in [4.69, 9.17) is 0 Å². The topological polar surface area (TPSA) is 0 Å². The van der Waals surface area contributed by atoms with Gasteiger partial charge in [0, 0.05) is 28.5 Å². The Morgan fingerprint density at radius 1 is 0.526 bits per heavy atom. The number of fused-ring (bicyclic) bond motifs is 2. The maximum atomic E-state index is 4.00. The molecule has 0 atom stereocenters. The summed E-state index contributed by atoms with van der Waals surface area (Å²) in [6.07, 6.45) is 24.7. The quantitative estimate of drug-likeness (QED) is 0.0848. The van der Waals surface area contributed by atoms with Crippen molar-refractivity contribution in [3.8, 4) is 9.75 Å². The molecule has 0 fully saturated rings. The van der Waals surface area contributed by atoms with Gasteiger partial charge in [0.05, 0.1) is 18.7 Å². The van der Waals surface area contributed by atoms with Crippen molar-refractivity contribution in [1.29, 1.82) is 0 Å². The fraction of sp³-hybridized carbons (Fsp3) is 0.625. The number of unbranched alkanes of at least 4 members (excludes halogenated alkanes) is 14. The van der Waals surface area contributed by atoms with Gasteiger partial charge in [-0.3, -0.25) is 0 Å². The van der Waals surface area contributed by atoms with E-state index in [2.05, 4.69) is 57.8 Å². The summed E-state index contributed by atoms with van der Waals surface area (Å²) in [6.45, 7) is 4.59. The first-order valence-corrected chi connectivity index (χ1v) is 19.9. The Kier molecular flexibility index (Phi) is 13.7. The van der Waals surface area contributed by atoms with Crippen LogP contribution in [0.15, 0.2) is 21.1 Å². The predicted molar refractivity (Wildman–Crippen MR) is 186 cm³/mol. The lowest BCUT2D eigenvalue weighted by atomic mass is 10.1. The smallest absolute Gasteiger partial charge is 0.0614 e. The highest BCUT2D eigenvalue weighted by Gasteiger charge is 2.21. The lowest BCUT2D eigenvalue weighted by Gasteiger charge is -2.02. The van der Waals surface area contributed by atoms with Gasteiger partial charge in [-0.1, -0.05) is 104 Å². The first-order valence-electron chi connectivity index (χ1n) is 15.0. The summed E-state index contributed by atoms with van der Waals surface area (Å²) in [7, 11) is 0. The summed E-state index contributed by atoms with van der Waals surface area (Å²) in [5.74, 6) is 0. The van der Waals surface area contributed by atoms with Crippen molar-refractivity contribution in [3.05, 3.63) is 30.8 Å². The van der Waals surface area contributed by atoms with E-state index < -0.39 is 0 Å². The van der Waals surface area contributed by atoms with E-state index >= 15 is 0 Å². The van der Waals surface area contributed by atoms with Crippen LogP contribution in [-0.2, 0) is 12.8 Å². The zero-order chi connectivity index (χ0) is 26.7. The molecule has 0 bridgehead atoms. The third-order valence-corrected chi connectivity index (χ3v) is 15.3. The summed E-state index contributed by atoms with van der Waals surface area (Å²) in [6, 6.07) is 4.91. The van der Waals surface area contributed by atoms with Gasteiger partial charge in [0.25, 0.3) is 0 Å². The average molecular weight is 717 g/mol. The molecule has 38 heavy (non-hydrogen) atoms. The van der Waals surface area contributed by atoms with Gasteiger partial charge in [-0.05, 0) is 69.7 Å². The van der Waals surface area contributed by atoms with Crippen molar-refractivity contribution >= 4 is 96.0 Å². The molecule has 0 unspecified atom stereocenters. The van der Waals surface area contributed by atoms with Crippen LogP contribution in [0.25, 0.3) is 28.6 Å². The Hall–Kier alpha value is 0.280. The third-order valence-electron chi connectivity index (χ3n) is 7.49. The van der Waals surface area contributed by atoms with Gasteiger partial charge in [-0.25, -0.2) is 0 Å². The van der Waals surface area contributed by atoms with Crippen LogP contribution in [0.4, 0.5) is 0 Å². The van der Waals surface area contributed by atoms with E-state index in [1.807, 2.05) is 45.3 Å². The van der Waals surface area contributed by atoms with Gasteiger partial charge in [0.15, 0.2) is 0 Å². The SMILES string of the molecule is CCCCCCCCCCc1cc2sc(-c3sc4c(Br)c(CCCCCCCCCC)sc4c3Br)cc2s1. The number of halogens is 2. The maximum absolute atomic E-state index is 4.00. The molecule has 4 aromatic rings. The highest BCUT2D eigenvalue weighted by atomic mass is 79.9. The van der Waals surface area contributed by atoms with Gasteiger partial charge in [-0.15, -0.1) is 45.3 Å². The molecule has 210 valence electrons. The summed E-state index contributed by atoms with van der Waals surface area (Å²) in [5.41, 5.74) is 0. The van der Waals surface area contributed by atoms with Gasteiger partial charge in [0.2, 0.25) is 0 Å². The van der Waals surface area contributed by atoms with Crippen LogP contribution in [0, 0.1) is 0 Å². The average Bonchev–Trinajstić information content (AvgIpc) is 3.64. The summed E-state index contributed by atoms with van der Waals surface area (Å²) in [5, 5.41) is 0. The number of thiophene rings is 4. The van der Waals surface area contributed by atoms with E-state index in [0.717, 1.165) is 0 Å². The summed E-state index contributed by atoms with van der Waals surface area (Å²) >= 11 is 15.9. The molecule has 0 saturated carbocycles. The molecule has 6 heteroatoms. The van der Waals surface area contributed by atoms with Gasteiger partial charge >= 0.3 is 0 Å². The lowest BCUT2D eigenvalue weighted by Crippen LogP contribution is -1.84. The summed E-state index contributed by atoms with van der Waals surface area (Å²) in [4.78, 5) is 5.93. The number of hydrogen-bond donors (Lipinski definition) is 0. The fourth-order valence-corrected chi connectivity index (χ4v) is 12.5. The molecule has 0 amide bonds. The van der Waals surface area contributed by atoms with Crippen LogP contribution in [0.1, 0.15) is 126 Å². The van der Waals surface area contributed by atoms with E-state index in [-0.39, 0.29) is 0 Å². The zero-order valence-corrected chi connectivity index (χ0v) is 29.7. The van der Waals surface area contributed by atoms with E-state index in [9.17, 15) is 0 Å². The molecule has 0 aliphatic carbocycles. The van der Waals surface area contributed by atoms with Crippen molar-refractivity contribution < 1.29 is 0 Å². The molecular weight excluding hydrogens is 672 g/mol. The highest BCUT2D eigenvalue weighted by Crippen LogP contribution is 2.52. The molecule has 0 radical (unpaired) electrons. The largest absolute Gasteiger partial charge is 0.139 e. The molecule has 0 aliphatic rings. The van der Waals surface area contributed by atoms with Crippen LogP contribution < -0.4 is 0 Å². The van der Waals surface area contributed by atoms with E-state index in [1.54, 1.807) is 4.88 Å². The Labute approximate surface area is 263 Å². The molecule has 0 saturated heterocycles. The Balaban J connectivity index is 1.28. The first-order chi connectivity index (χ1) is 18.6. The second kappa shape index (κ2) is 16.7. The molecule has 0 N–H and O–H groups in total. The highest BCUT2D eigenvalue weighted by molar-refractivity contribution is 9.11. The minimum absolute atomic E-state index is 1.21. The monoisotopic (exact) mass is 714 g/mol.